The molecule has 1 heterocycles. The zero-order valence-corrected chi connectivity index (χ0v) is 22.3. The molecule has 2 amide bonds. The van der Waals surface area contributed by atoms with Gasteiger partial charge >= 0.3 is 11.7 Å². The summed E-state index contributed by atoms with van der Waals surface area (Å²) in [4.78, 5) is 66.4. The fraction of sp³-hybridized carbons (Fsp3) is 0.500. The van der Waals surface area contributed by atoms with Crippen molar-refractivity contribution in [2.45, 2.75) is 67.0 Å². The molecule has 0 unspecified atom stereocenters. The molecule has 0 saturated carbocycles. The van der Waals surface area contributed by atoms with Crippen molar-refractivity contribution in [2.75, 3.05) is 22.5 Å². The summed E-state index contributed by atoms with van der Waals surface area (Å²) in [6, 6.07) is 7.20. The second-order valence-electron chi connectivity index (χ2n) is 9.83. The lowest BCUT2D eigenvalue weighted by atomic mass is 10.1. The minimum absolute atomic E-state index is 0.0367. The number of rotatable bonds is 11. The van der Waals surface area contributed by atoms with Gasteiger partial charge in [-0.05, 0) is 37.3 Å². The molecular formula is C26H37N5O6. The van der Waals surface area contributed by atoms with Crippen molar-refractivity contribution in [2.24, 2.45) is 11.8 Å². The van der Waals surface area contributed by atoms with Crippen molar-refractivity contribution >= 4 is 35.0 Å². The maximum Gasteiger partial charge on any atom is 0.330 e. The molecule has 0 spiro atoms. The Balaban J connectivity index is 2.13. The summed E-state index contributed by atoms with van der Waals surface area (Å²) in [5.74, 6) is -1.85. The maximum atomic E-state index is 13.1. The van der Waals surface area contributed by atoms with Gasteiger partial charge in [0.25, 0.3) is 11.5 Å². The highest BCUT2D eigenvalue weighted by Crippen LogP contribution is 2.21. The SMILES string of the molecule is Cc1ccccc1NC(=O)[C@H](C)OC(=O)CCC(=O)N(CC(C)C)c1c(N)n(CC(C)C)c(=O)[nH]c1=O. The quantitative estimate of drug-likeness (QED) is 0.388. The van der Waals surface area contributed by atoms with Crippen LogP contribution >= 0.6 is 0 Å². The average Bonchev–Trinajstić information content (AvgIpc) is 2.80. The van der Waals surface area contributed by atoms with E-state index in [1.54, 1.807) is 12.1 Å². The van der Waals surface area contributed by atoms with Crippen LogP contribution in [-0.2, 0) is 25.7 Å². The second kappa shape index (κ2) is 12.9. The highest BCUT2D eigenvalue weighted by molar-refractivity contribution is 5.98. The number of nitrogen functional groups attached to an aromatic ring is 1. The number of aryl methyl sites for hydroxylation is 1. The second-order valence-corrected chi connectivity index (χ2v) is 9.83. The normalized spacial score (nSPS) is 11.9. The fourth-order valence-corrected chi connectivity index (χ4v) is 3.67. The number of esters is 1. The molecule has 0 aliphatic heterocycles. The number of hydrogen-bond donors (Lipinski definition) is 3. The first-order valence-electron chi connectivity index (χ1n) is 12.3. The number of carbonyl (C=O) groups excluding carboxylic acids is 3. The van der Waals surface area contributed by atoms with Gasteiger partial charge in [-0.2, -0.15) is 0 Å². The lowest BCUT2D eigenvalue weighted by Crippen LogP contribution is -2.43. The Morgan fingerprint density at radius 1 is 1.05 bits per heavy atom. The van der Waals surface area contributed by atoms with Crippen molar-refractivity contribution in [1.82, 2.24) is 9.55 Å². The van der Waals surface area contributed by atoms with Crippen molar-refractivity contribution < 1.29 is 19.1 Å². The number of H-pyrrole nitrogens is 1. The largest absolute Gasteiger partial charge is 0.453 e. The van der Waals surface area contributed by atoms with Crippen molar-refractivity contribution in [3.05, 3.63) is 50.7 Å². The first-order chi connectivity index (χ1) is 17.3. The number of carbonyl (C=O) groups is 3. The summed E-state index contributed by atoms with van der Waals surface area (Å²) in [6.45, 7) is 11.2. The van der Waals surface area contributed by atoms with E-state index in [0.717, 1.165) is 5.56 Å². The number of ether oxygens (including phenoxy) is 1. The Bertz CT molecular complexity index is 1250. The van der Waals surface area contributed by atoms with Crippen LogP contribution in [0.5, 0.6) is 0 Å². The minimum Gasteiger partial charge on any atom is -0.453 e. The smallest absolute Gasteiger partial charge is 0.330 e. The van der Waals surface area contributed by atoms with Gasteiger partial charge in [-0.1, -0.05) is 45.9 Å². The Morgan fingerprint density at radius 2 is 1.70 bits per heavy atom. The van der Waals surface area contributed by atoms with Gasteiger partial charge in [-0.25, -0.2) is 4.79 Å². The molecule has 11 nitrogen and oxygen atoms in total. The predicted molar refractivity (Wildman–Crippen MR) is 142 cm³/mol. The number of nitrogens with zero attached hydrogens (tertiary/aromatic N) is 2. The zero-order valence-electron chi connectivity index (χ0n) is 22.3. The van der Waals surface area contributed by atoms with Gasteiger partial charge in [-0.3, -0.25) is 28.7 Å². The fourth-order valence-electron chi connectivity index (χ4n) is 3.67. The van der Waals surface area contributed by atoms with Gasteiger partial charge in [0.15, 0.2) is 11.8 Å². The molecule has 2 rings (SSSR count). The number of nitrogens with one attached hydrogen (secondary N) is 2. The summed E-state index contributed by atoms with van der Waals surface area (Å²) in [5, 5.41) is 2.71. The molecule has 1 atom stereocenters. The Kier molecular flexibility index (Phi) is 10.2. The number of benzene rings is 1. The first-order valence-corrected chi connectivity index (χ1v) is 12.3. The Labute approximate surface area is 216 Å². The third-order valence-corrected chi connectivity index (χ3v) is 5.50. The van der Waals surface area contributed by atoms with Crippen molar-refractivity contribution in [1.29, 1.82) is 0 Å². The third-order valence-electron chi connectivity index (χ3n) is 5.50. The molecular weight excluding hydrogens is 478 g/mol. The van der Waals surface area contributed by atoms with Crippen molar-refractivity contribution in [3.63, 3.8) is 0 Å². The van der Waals surface area contributed by atoms with E-state index in [4.69, 9.17) is 10.5 Å². The van der Waals surface area contributed by atoms with Gasteiger partial charge in [0.1, 0.15) is 5.82 Å². The van der Waals surface area contributed by atoms with E-state index in [0.29, 0.717) is 5.69 Å². The summed E-state index contributed by atoms with van der Waals surface area (Å²) < 4.78 is 6.43. The summed E-state index contributed by atoms with van der Waals surface area (Å²) >= 11 is 0. The van der Waals surface area contributed by atoms with Crippen LogP contribution in [-0.4, -0.2) is 40.0 Å². The van der Waals surface area contributed by atoms with Crippen LogP contribution < -0.4 is 27.2 Å². The topological polar surface area (TPSA) is 157 Å². The number of amides is 2. The van der Waals surface area contributed by atoms with E-state index in [-0.39, 0.29) is 49.3 Å². The van der Waals surface area contributed by atoms with Crippen LogP contribution in [0.15, 0.2) is 33.9 Å². The molecule has 0 radical (unpaired) electrons. The number of aromatic amines is 1. The van der Waals surface area contributed by atoms with Crippen LogP contribution in [0, 0.1) is 18.8 Å². The van der Waals surface area contributed by atoms with Crippen LogP contribution in [0.4, 0.5) is 17.2 Å². The molecule has 0 bridgehead atoms. The predicted octanol–water partition coefficient (Wildman–Crippen LogP) is 2.42. The van der Waals surface area contributed by atoms with Gasteiger partial charge in [0.05, 0.1) is 6.42 Å². The first kappa shape index (κ1) is 29.3. The van der Waals surface area contributed by atoms with E-state index in [2.05, 4.69) is 10.3 Å². The van der Waals surface area contributed by atoms with E-state index in [9.17, 15) is 24.0 Å². The third kappa shape index (κ3) is 8.06. The number of hydrogen-bond acceptors (Lipinski definition) is 7. The number of aromatic nitrogens is 2. The number of para-hydroxylation sites is 1. The molecule has 0 aliphatic carbocycles. The monoisotopic (exact) mass is 515 g/mol. The molecule has 0 fully saturated rings. The van der Waals surface area contributed by atoms with Gasteiger partial charge in [0, 0.05) is 25.2 Å². The summed E-state index contributed by atoms with van der Waals surface area (Å²) in [6.07, 6.45) is -1.66. The molecule has 11 heteroatoms. The molecule has 4 N–H and O–H groups in total. The molecule has 0 saturated heterocycles. The molecule has 2 aromatic rings. The standard InChI is InChI=1S/C26H37N5O6/c1-15(2)13-30(22-23(27)31(14-16(3)4)26(36)29-25(22)35)20(32)11-12-21(33)37-18(6)24(34)28-19-10-8-7-9-17(19)5/h7-10,15-16,18H,11-14,27H2,1-6H3,(H,28,34)(H,29,35,36)/t18-/m0/s1. The number of anilines is 3. The molecule has 0 aliphatic rings. The van der Waals surface area contributed by atoms with Crippen LogP contribution in [0.1, 0.15) is 53.0 Å². The molecule has 202 valence electrons. The lowest BCUT2D eigenvalue weighted by Gasteiger charge is -2.26. The maximum absolute atomic E-state index is 13.1. The van der Waals surface area contributed by atoms with E-state index >= 15 is 0 Å². The van der Waals surface area contributed by atoms with Crippen LogP contribution in [0.25, 0.3) is 0 Å². The summed E-state index contributed by atoms with van der Waals surface area (Å²) in [7, 11) is 0. The average molecular weight is 516 g/mol. The highest BCUT2D eigenvalue weighted by Gasteiger charge is 2.26. The number of nitrogens with two attached hydrogens (primary N) is 1. The van der Waals surface area contributed by atoms with E-state index in [1.165, 1.54) is 16.4 Å². The molecule has 1 aromatic heterocycles. The zero-order chi connectivity index (χ0) is 27.9. The minimum atomic E-state index is -1.08. The Hall–Kier alpha value is -3.89. The molecule has 1 aromatic carbocycles. The molecule has 37 heavy (non-hydrogen) atoms. The van der Waals surface area contributed by atoms with Crippen LogP contribution in [0.2, 0.25) is 0 Å². The summed E-state index contributed by atoms with van der Waals surface area (Å²) in [5.41, 5.74) is 6.10. The van der Waals surface area contributed by atoms with Gasteiger partial charge in [-0.15, -0.1) is 0 Å². The van der Waals surface area contributed by atoms with E-state index < -0.39 is 35.1 Å². The van der Waals surface area contributed by atoms with Gasteiger partial charge < -0.3 is 20.7 Å². The highest BCUT2D eigenvalue weighted by atomic mass is 16.5. The van der Waals surface area contributed by atoms with Gasteiger partial charge in [0.2, 0.25) is 5.91 Å². The van der Waals surface area contributed by atoms with E-state index in [1.807, 2.05) is 46.8 Å². The Morgan fingerprint density at radius 3 is 2.30 bits per heavy atom. The van der Waals surface area contributed by atoms with Crippen LogP contribution in [0.3, 0.4) is 0 Å². The van der Waals surface area contributed by atoms with Crippen molar-refractivity contribution in [3.8, 4) is 0 Å². The lowest BCUT2D eigenvalue weighted by molar-refractivity contribution is -0.153.